The molecule has 3 heterocycles. The molecule has 1 saturated heterocycles. The number of hydrogen-bond donors (Lipinski definition) is 1. The van der Waals surface area contributed by atoms with E-state index in [0.717, 1.165) is 30.9 Å². The van der Waals surface area contributed by atoms with Gasteiger partial charge >= 0.3 is 0 Å². The molecule has 0 radical (unpaired) electrons. The fourth-order valence-corrected chi connectivity index (χ4v) is 3.01. The Labute approximate surface area is 146 Å². The Morgan fingerprint density at radius 2 is 2.21 bits per heavy atom. The molecule has 7 heteroatoms. The Morgan fingerprint density at radius 3 is 2.92 bits per heavy atom. The van der Waals surface area contributed by atoms with Crippen LogP contribution in [0.25, 0.3) is 0 Å². The molecule has 1 fully saturated rings. The maximum atomic E-state index is 12.6. The van der Waals surface area contributed by atoms with Crippen molar-refractivity contribution in [1.29, 1.82) is 0 Å². The lowest BCUT2D eigenvalue weighted by molar-refractivity contribution is -0.125. The van der Waals surface area contributed by atoms with E-state index in [1.54, 1.807) is 12.3 Å². The monoisotopic (exact) mass is 345 g/mol. The SMILES string of the molecule is C[C@H](NC(=O)[C@H]1CCCN(c2ccc(Cl)nn2)C1)c1ccccn1. The smallest absolute Gasteiger partial charge is 0.225 e. The molecule has 1 amide bonds. The van der Waals surface area contributed by atoms with Gasteiger partial charge in [0.05, 0.1) is 17.7 Å². The summed E-state index contributed by atoms with van der Waals surface area (Å²) in [5.74, 6) is 0.747. The molecule has 0 saturated carbocycles. The summed E-state index contributed by atoms with van der Waals surface area (Å²) in [6.45, 7) is 3.46. The number of pyridine rings is 1. The highest BCUT2D eigenvalue weighted by Crippen LogP contribution is 2.22. The molecule has 24 heavy (non-hydrogen) atoms. The van der Waals surface area contributed by atoms with Crippen LogP contribution in [0.5, 0.6) is 0 Å². The maximum absolute atomic E-state index is 12.6. The van der Waals surface area contributed by atoms with Gasteiger partial charge in [-0.05, 0) is 44.0 Å². The zero-order valence-electron chi connectivity index (χ0n) is 13.5. The van der Waals surface area contributed by atoms with Crippen molar-refractivity contribution in [3.8, 4) is 0 Å². The van der Waals surface area contributed by atoms with Crippen LogP contribution in [0.15, 0.2) is 36.5 Å². The van der Waals surface area contributed by atoms with Gasteiger partial charge in [0, 0.05) is 19.3 Å². The molecule has 2 aromatic rings. The highest BCUT2D eigenvalue weighted by Gasteiger charge is 2.27. The summed E-state index contributed by atoms with van der Waals surface area (Å²) < 4.78 is 0. The Kier molecular flexibility index (Phi) is 5.25. The number of piperidine rings is 1. The van der Waals surface area contributed by atoms with E-state index in [4.69, 9.17) is 11.6 Å². The third kappa shape index (κ3) is 4.00. The first-order chi connectivity index (χ1) is 11.6. The van der Waals surface area contributed by atoms with Crippen molar-refractivity contribution < 1.29 is 4.79 Å². The molecule has 1 aliphatic rings. The molecule has 0 unspecified atom stereocenters. The molecule has 0 aliphatic carbocycles. The molecule has 3 rings (SSSR count). The molecular formula is C17H20ClN5O. The number of nitrogens with zero attached hydrogens (tertiary/aromatic N) is 4. The van der Waals surface area contributed by atoms with Gasteiger partial charge in [0.15, 0.2) is 11.0 Å². The number of carbonyl (C=O) groups excluding carboxylic acids is 1. The van der Waals surface area contributed by atoms with E-state index < -0.39 is 0 Å². The summed E-state index contributed by atoms with van der Waals surface area (Å²) >= 11 is 5.78. The van der Waals surface area contributed by atoms with Crippen LogP contribution in [0.4, 0.5) is 5.82 Å². The van der Waals surface area contributed by atoms with E-state index in [1.807, 2.05) is 31.2 Å². The van der Waals surface area contributed by atoms with Gasteiger partial charge in [-0.25, -0.2) is 0 Å². The lowest BCUT2D eigenvalue weighted by atomic mass is 9.96. The quantitative estimate of drug-likeness (QED) is 0.922. The van der Waals surface area contributed by atoms with E-state index >= 15 is 0 Å². The molecule has 1 aliphatic heterocycles. The van der Waals surface area contributed by atoms with Gasteiger partial charge in [-0.3, -0.25) is 9.78 Å². The van der Waals surface area contributed by atoms with Crippen LogP contribution < -0.4 is 10.2 Å². The Hall–Kier alpha value is -2.21. The summed E-state index contributed by atoms with van der Waals surface area (Å²) in [6, 6.07) is 9.16. The summed E-state index contributed by atoms with van der Waals surface area (Å²) in [7, 11) is 0. The number of hydrogen-bond acceptors (Lipinski definition) is 5. The predicted molar refractivity (Wildman–Crippen MR) is 92.8 cm³/mol. The van der Waals surface area contributed by atoms with Gasteiger partial charge in [-0.15, -0.1) is 10.2 Å². The second kappa shape index (κ2) is 7.57. The van der Waals surface area contributed by atoms with Crippen molar-refractivity contribution in [1.82, 2.24) is 20.5 Å². The van der Waals surface area contributed by atoms with Crippen molar-refractivity contribution in [2.24, 2.45) is 5.92 Å². The second-order valence-electron chi connectivity index (χ2n) is 5.98. The summed E-state index contributed by atoms with van der Waals surface area (Å²) in [6.07, 6.45) is 3.55. The molecule has 6 nitrogen and oxygen atoms in total. The third-order valence-corrected chi connectivity index (χ3v) is 4.43. The van der Waals surface area contributed by atoms with E-state index in [2.05, 4.69) is 25.4 Å². The van der Waals surface area contributed by atoms with Crippen molar-refractivity contribution in [2.75, 3.05) is 18.0 Å². The van der Waals surface area contributed by atoms with Crippen molar-refractivity contribution in [2.45, 2.75) is 25.8 Å². The Balaban J connectivity index is 1.61. The van der Waals surface area contributed by atoms with Crippen LogP contribution in [0.3, 0.4) is 0 Å². The summed E-state index contributed by atoms with van der Waals surface area (Å²) in [4.78, 5) is 19.0. The van der Waals surface area contributed by atoms with Crippen LogP contribution in [0.1, 0.15) is 31.5 Å². The van der Waals surface area contributed by atoms with Crippen molar-refractivity contribution in [3.05, 3.63) is 47.4 Å². The average Bonchev–Trinajstić information content (AvgIpc) is 2.63. The number of amides is 1. The molecule has 126 valence electrons. The van der Waals surface area contributed by atoms with Gasteiger partial charge in [-0.2, -0.15) is 0 Å². The fraction of sp³-hybridized carbons (Fsp3) is 0.412. The van der Waals surface area contributed by atoms with Crippen LogP contribution >= 0.6 is 11.6 Å². The molecule has 0 bridgehead atoms. The van der Waals surface area contributed by atoms with Gasteiger partial charge < -0.3 is 10.2 Å². The Morgan fingerprint density at radius 1 is 1.33 bits per heavy atom. The van der Waals surface area contributed by atoms with E-state index in [-0.39, 0.29) is 17.9 Å². The van der Waals surface area contributed by atoms with Gasteiger partial charge in [0.25, 0.3) is 0 Å². The molecular weight excluding hydrogens is 326 g/mol. The predicted octanol–water partition coefficient (Wildman–Crippen LogP) is 2.62. The first-order valence-corrected chi connectivity index (χ1v) is 8.47. The number of halogens is 1. The van der Waals surface area contributed by atoms with Crippen LogP contribution in [0.2, 0.25) is 5.15 Å². The summed E-state index contributed by atoms with van der Waals surface area (Å²) in [5, 5.41) is 11.4. The Bertz CT molecular complexity index is 679. The van der Waals surface area contributed by atoms with E-state index in [1.165, 1.54) is 0 Å². The van der Waals surface area contributed by atoms with E-state index in [9.17, 15) is 4.79 Å². The first-order valence-electron chi connectivity index (χ1n) is 8.09. The maximum Gasteiger partial charge on any atom is 0.225 e. The normalized spacial score (nSPS) is 18.9. The van der Waals surface area contributed by atoms with Gasteiger partial charge in [0.2, 0.25) is 5.91 Å². The number of nitrogens with one attached hydrogen (secondary N) is 1. The highest BCUT2D eigenvalue weighted by molar-refractivity contribution is 6.29. The van der Waals surface area contributed by atoms with Gasteiger partial charge in [0.1, 0.15) is 0 Å². The second-order valence-corrected chi connectivity index (χ2v) is 6.37. The van der Waals surface area contributed by atoms with E-state index in [0.29, 0.717) is 11.7 Å². The van der Waals surface area contributed by atoms with Crippen LogP contribution in [0, 0.1) is 5.92 Å². The topological polar surface area (TPSA) is 71.0 Å². The number of carbonyl (C=O) groups is 1. The number of aromatic nitrogens is 3. The first kappa shape index (κ1) is 16.6. The molecule has 1 N–H and O–H groups in total. The molecule has 0 spiro atoms. The third-order valence-electron chi connectivity index (χ3n) is 4.22. The molecule has 0 aromatic carbocycles. The number of rotatable bonds is 4. The minimum absolute atomic E-state index is 0.0553. The molecule has 2 atom stereocenters. The molecule has 2 aromatic heterocycles. The minimum atomic E-state index is -0.107. The zero-order chi connectivity index (χ0) is 16.9. The largest absolute Gasteiger partial charge is 0.354 e. The van der Waals surface area contributed by atoms with Crippen LogP contribution in [-0.4, -0.2) is 34.2 Å². The summed E-state index contributed by atoms with van der Waals surface area (Å²) in [5.41, 5.74) is 0.863. The lowest BCUT2D eigenvalue weighted by Crippen LogP contribution is -2.44. The number of anilines is 1. The minimum Gasteiger partial charge on any atom is -0.354 e. The highest BCUT2D eigenvalue weighted by atomic mass is 35.5. The fourth-order valence-electron chi connectivity index (χ4n) is 2.91. The lowest BCUT2D eigenvalue weighted by Gasteiger charge is -2.33. The van der Waals surface area contributed by atoms with Crippen molar-refractivity contribution in [3.63, 3.8) is 0 Å². The van der Waals surface area contributed by atoms with Crippen LogP contribution in [-0.2, 0) is 4.79 Å². The van der Waals surface area contributed by atoms with Crippen molar-refractivity contribution >= 4 is 23.3 Å². The standard InChI is InChI=1S/C17H20ClN5O/c1-12(14-6-2-3-9-19-14)20-17(24)13-5-4-10-23(11-13)16-8-7-15(18)21-22-16/h2-3,6-9,12-13H,4-5,10-11H2,1H3,(H,20,24)/t12-,13-/m0/s1. The zero-order valence-corrected chi connectivity index (χ0v) is 14.3. The van der Waals surface area contributed by atoms with Gasteiger partial charge in [-0.1, -0.05) is 17.7 Å². The average molecular weight is 346 g/mol.